The summed E-state index contributed by atoms with van der Waals surface area (Å²) in [6, 6.07) is 9.71. The first-order chi connectivity index (χ1) is 9.22. The highest BCUT2D eigenvalue weighted by molar-refractivity contribution is 6.30. The Hall–Kier alpha value is -1.87. The highest BCUT2D eigenvalue weighted by atomic mass is 35.5. The number of nitrogens with one attached hydrogen (secondary N) is 1. The predicted molar refractivity (Wildman–Crippen MR) is 75.2 cm³/mol. The fraction of sp³-hybridized carbons (Fsp3) is 0.200. The minimum Gasteiger partial charge on any atom is -0.349 e. The molecule has 0 spiro atoms. The molecule has 1 heterocycles. The summed E-state index contributed by atoms with van der Waals surface area (Å²) >= 11 is 5.97. The lowest BCUT2D eigenvalue weighted by molar-refractivity contribution is 0.0951. The number of carbonyl (C=O) groups excluding carboxylic acids is 1. The van der Waals surface area contributed by atoms with E-state index in [9.17, 15) is 4.79 Å². The molecule has 0 aliphatic heterocycles. The number of benzene rings is 1. The fourth-order valence-electron chi connectivity index (χ4n) is 1.89. The van der Waals surface area contributed by atoms with Gasteiger partial charge in [0.2, 0.25) is 0 Å². The number of carbonyl (C=O) groups is 1. The molecular weight excluding hydrogens is 260 g/mol. The molecule has 0 atom stereocenters. The van der Waals surface area contributed by atoms with Crippen LogP contribution in [0, 0.1) is 0 Å². The van der Waals surface area contributed by atoms with Crippen LogP contribution in [0.3, 0.4) is 0 Å². The first-order valence-corrected chi connectivity index (χ1v) is 6.62. The number of hydrogen-bond donors (Lipinski definition) is 1. The smallest absolute Gasteiger partial charge is 0.253 e. The van der Waals surface area contributed by atoms with Gasteiger partial charge in [0.15, 0.2) is 0 Å². The van der Waals surface area contributed by atoms with Crippen molar-refractivity contribution in [2.45, 2.75) is 18.9 Å². The lowest BCUT2D eigenvalue weighted by Gasteiger charge is -2.06. The van der Waals surface area contributed by atoms with Gasteiger partial charge in [0, 0.05) is 29.0 Å². The van der Waals surface area contributed by atoms with E-state index in [0.29, 0.717) is 16.6 Å². The maximum Gasteiger partial charge on any atom is 0.253 e. The average molecular weight is 273 g/mol. The fourth-order valence-corrected chi connectivity index (χ4v) is 2.08. The summed E-state index contributed by atoms with van der Waals surface area (Å²) in [7, 11) is 0. The molecule has 0 unspecified atom stereocenters. The van der Waals surface area contributed by atoms with Crippen LogP contribution >= 0.6 is 11.6 Å². The number of nitrogens with zero attached hydrogens (tertiary/aromatic N) is 1. The van der Waals surface area contributed by atoms with Crippen LogP contribution in [0.5, 0.6) is 0 Å². The van der Waals surface area contributed by atoms with E-state index >= 15 is 0 Å². The van der Waals surface area contributed by atoms with Crippen LogP contribution in [0.2, 0.25) is 5.02 Å². The van der Waals surface area contributed by atoms with Crippen molar-refractivity contribution in [3.63, 3.8) is 0 Å². The number of hydrogen-bond acceptors (Lipinski definition) is 2. The van der Waals surface area contributed by atoms with E-state index in [4.69, 9.17) is 11.6 Å². The second-order valence-electron chi connectivity index (χ2n) is 4.72. The summed E-state index contributed by atoms with van der Waals surface area (Å²) in [5.41, 5.74) is 2.44. The second kappa shape index (κ2) is 5.02. The van der Waals surface area contributed by atoms with Gasteiger partial charge in [-0.05, 0) is 36.6 Å². The van der Waals surface area contributed by atoms with Crippen molar-refractivity contribution in [1.82, 2.24) is 10.3 Å². The molecule has 3 rings (SSSR count). The van der Waals surface area contributed by atoms with Gasteiger partial charge in [-0.3, -0.25) is 9.78 Å². The van der Waals surface area contributed by atoms with Gasteiger partial charge < -0.3 is 5.32 Å². The highest BCUT2D eigenvalue weighted by Gasteiger charge is 2.23. The van der Waals surface area contributed by atoms with Crippen LogP contribution in [-0.2, 0) is 0 Å². The van der Waals surface area contributed by atoms with Crippen molar-refractivity contribution in [3.8, 4) is 11.1 Å². The van der Waals surface area contributed by atoms with Crippen LogP contribution in [0.1, 0.15) is 23.2 Å². The van der Waals surface area contributed by atoms with E-state index in [1.807, 2.05) is 30.3 Å². The Morgan fingerprint density at radius 2 is 2.05 bits per heavy atom. The minimum atomic E-state index is -0.0566. The molecule has 0 bridgehead atoms. The third-order valence-corrected chi connectivity index (χ3v) is 3.31. The maximum absolute atomic E-state index is 12.0. The zero-order valence-corrected chi connectivity index (χ0v) is 11.0. The zero-order valence-electron chi connectivity index (χ0n) is 10.3. The molecule has 1 aromatic carbocycles. The molecule has 1 aliphatic rings. The number of halogens is 1. The van der Waals surface area contributed by atoms with Gasteiger partial charge in [0.25, 0.3) is 5.91 Å². The van der Waals surface area contributed by atoms with Crippen molar-refractivity contribution in [1.29, 1.82) is 0 Å². The second-order valence-corrected chi connectivity index (χ2v) is 5.16. The van der Waals surface area contributed by atoms with Gasteiger partial charge in [0.05, 0.1) is 5.56 Å². The molecular formula is C15H13ClN2O. The Labute approximate surface area is 116 Å². The Morgan fingerprint density at radius 3 is 2.79 bits per heavy atom. The standard InChI is InChI=1S/C15H13ClN2O/c16-13-3-1-2-10(7-13)11-6-12(9-17-8-11)15(19)18-14-4-5-14/h1-3,6-9,14H,4-5H2,(H,18,19). The topological polar surface area (TPSA) is 42.0 Å². The molecule has 1 amide bonds. The lowest BCUT2D eigenvalue weighted by Crippen LogP contribution is -2.25. The summed E-state index contributed by atoms with van der Waals surface area (Å²) in [6.07, 6.45) is 5.48. The van der Waals surface area contributed by atoms with Crippen LogP contribution in [0.25, 0.3) is 11.1 Å². The third kappa shape index (κ3) is 2.93. The summed E-state index contributed by atoms with van der Waals surface area (Å²) < 4.78 is 0. The SMILES string of the molecule is O=C(NC1CC1)c1cncc(-c2cccc(Cl)c2)c1. The Balaban J connectivity index is 1.88. The molecule has 1 aliphatic carbocycles. The van der Waals surface area contributed by atoms with E-state index < -0.39 is 0 Å². The molecule has 1 aromatic heterocycles. The Bertz CT molecular complexity index is 623. The summed E-state index contributed by atoms with van der Waals surface area (Å²) in [5, 5.41) is 3.63. The molecule has 1 fully saturated rings. The average Bonchev–Trinajstić information content (AvgIpc) is 3.23. The van der Waals surface area contributed by atoms with Crippen LogP contribution in [0.4, 0.5) is 0 Å². The van der Waals surface area contributed by atoms with Gasteiger partial charge in [-0.1, -0.05) is 23.7 Å². The maximum atomic E-state index is 12.0. The molecule has 4 heteroatoms. The van der Waals surface area contributed by atoms with Crippen molar-refractivity contribution < 1.29 is 4.79 Å². The molecule has 96 valence electrons. The Kier molecular flexibility index (Phi) is 3.22. The van der Waals surface area contributed by atoms with E-state index in [1.54, 1.807) is 12.4 Å². The summed E-state index contributed by atoms with van der Waals surface area (Å²) in [6.45, 7) is 0. The molecule has 19 heavy (non-hydrogen) atoms. The van der Waals surface area contributed by atoms with Crippen molar-refractivity contribution in [3.05, 3.63) is 53.3 Å². The first-order valence-electron chi connectivity index (χ1n) is 6.24. The van der Waals surface area contributed by atoms with Gasteiger partial charge in [-0.2, -0.15) is 0 Å². The van der Waals surface area contributed by atoms with Crippen molar-refractivity contribution in [2.24, 2.45) is 0 Å². The minimum absolute atomic E-state index is 0.0566. The van der Waals surface area contributed by atoms with Gasteiger partial charge in [-0.15, -0.1) is 0 Å². The van der Waals surface area contributed by atoms with Crippen molar-refractivity contribution in [2.75, 3.05) is 0 Å². The largest absolute Gasteiger partial charge is 0.349 e. The first kappa shape index (κ1) is 12.2. The molecule has 1 N–H and O–H groups in total. The third-order valence-electron chi connectivity index (χ3n) is 3.07. The normalized spacial score (nSPS) is 14.2. The number of amides is 1. The quantitative estimate of drug-likeness (QED) is 0.932. The molecule has 3 nitrogen and oxygen atoms in total. The highest BCUT2D eigenvalue weighted by Crippen LogP contribution is 2.23. The van der Waals surface area contributed by atoms with E-state index in [-0.39, 0.29) is 5.91 Å². The van der Waals surface area contributed by atoms with E-state index in [1.165, 1.54) is 0 Å². The zero-order chi connectivity index (χ0) is 13.2. The number of pyridine rings is 1. The molecule has 0 saturated heterocycles. The lowest BCUT2D eigenvalue weighted by atomic mass is 10.1. The summed E-state index contributed by atoms with van der Waals surface area (Å²) in [4.78, 5) is 16.1. The van der Waals surface area contributed by atoms with Crippen LogP contribution < -0.4 is 5.32 Å². The molecule has 2 aromatic rings. The van der Waals surface area contributed by atoms with Gasteiger partial charge >= 0.3 is 0 Å². The molecule has 0 radical (unpaired) electrons. The summed E-state index contributed by atoms with van der Waals surface area (Å²) in [5.74, 6) is -0.0566. The monoisotopic (exact) mass is 272 g/mol. The predicted octanol–water partition coefficient (Wildman–Crippen LogP) is 3.29. The van der Waals surface area contributed by atoms with E-state index in [2.05, 4.69) is 10.3 Å². The van der Waals surface area contributed by atoms with Gasteiger partial charge in [0.1, 0.15) is 0 Å². The number of rotatable bonds is 3. The number of aromatic nitrogens is 1. The van der Waals surface area contributed by atoms with Crippen LogP contribution in [-0.4, -0.2) is 16.9 Å². The van der Waals surface area contributed by atoms with Crippen molar-refractivity contribution >= 4 is 17.5 Å². The van der Waals surface area contributed by atoms with E-state index in [0.717, 1.165) is 24.0 Å². The van der Waals surface area contributed by atoms with Gasteiger partial charge in [-0.25, -0.2) is 0 Å². The Morgan fingerprint density at radius 1 is 1.21 bits per heavy atom. The molecule has 1 saturated carbocycles. The van der Waals surface area contributed by atoms with Crippen LogP contribution in [0.15, 0.2) is 42.7 Å².